The zero-order valence-corrected chi connectivity index (χ0v) is 19.5. The Morgan fingerprint density at radius 2 is 1.58 bits per heavy atom. The number of amides is 1. The third-order valence-electron chi connectivity index (χ3n) is 6.15. The molecular formula is C26H34N2O3. The number of rotatable bonds is 7. The van der Waals surface area contributed by atoms with Gasteiger partial charge in [-0.2, -0.15) is 0 Å². The molecule has 1 amide bonds. The summed E-state index contributed by atoms with van der Waals surface area (Å²) in [6.07, 6.45) is 0.543. The molecule has 1 aliphatic rings. The molecule has 0 fully saturated rings. The Labute approximate surface area is 186 Å². The summed E-state index contributed by atoms with van der Waals surface area (Å²) in [5, 5.41) is 0. The van der Waals surface area contributed by atoms with Crippen LogP contribution in [0.25, 0.3) is 0 Å². The molecule has 2 aromatic rings. The molecule has 0 aliphatic carbocycles. The Balaban J connectivity index is 2.07. The van der Waals surface area contributed by atoms with E-state index >= 15 is 0 Å². The van der Waals surface area contributed by atoms with E-state index in [1.165, 1.54) is 0 Å². The summed E-state index contributed by atoms with van der Waals surface area (Å²) in [5.74, 6) is 1.67. The Bertz CT molecular complexity index is 906. The normalized spacial score (nSPS) is 21.4. The molecule has 2 aromatic carbocycles. The lowest BCUT2D eigenvalue weighted by atomic mass is 9.77. The highest BCUT2D eigenvalue weighted by Gasteiger charge is 2.51. The maximum atomic E-state index is 14.1. The van der Waals surface area contributed by atoms with Gasteiger partial charge in [-0.15, -0.1) is 0 Å². The minimum Gasteiger partial charge on any atom is -0.497 e. The van der Waals surface area contributed by atoms with Crippen molar-refractivity contribution in [2.24, 2.45) is 16.8 Å². The van der Waals surface area contributed by atoms with E-state index in [0.717, 1.165) is 16.9 Å². The molecule has 166 valence electrons. The van der Waals surface area contributed by atoms with Crippen LogP contribution >= 0.6 is 0 Å². The van der Waals surface area contributed by atoms with Gasteiger partial charge in [0.1, 0.15) is 17.3 Å². The highest BCUT2D eigenvalue weighted by molar-refractivity contribution is 5.98. The molecular weight excluding hydrogens is 388 g/mol. The summed E-state index contributed by atoms with van der Waals surface area (Å²) in [4.78, 5) is 21.1. The second-order valence-corrected chi connectivity index (χ2v) is 8.87. The van der Waals surface area contributed by atoms with Crippen molar-refractivity contribution in [1.82, 2.24) is 4.90 Å². The highest BCUT2D eigenvalue weighted by Crippen LogP contribution is 2.36. The van der Waals surface area contributed by atoms with Crippen LogP contribution in [0.1, 0.15) is 38.8 Å². The van der Waals surface area contributed by atoms with Crippen molar-refractivity contribution in [3.63, 3.8) is 0 Å². The number of hydrogen-bond acceptors (Lipinski definition) is 4. The molecule has 1 aliphatic heterocycles. The van der Waals surface area contributed by atoms with Gasteiger partial charge in [-0.3, -0.25) is 4.79 Å². The monoisotopic (exact) mass is 422 g/mol. The lowest BCUT2D eigenvalue weighted by Crippen LogP contribution is -2.63. The zero-order chi connectivity index (χ0) is 22.6. The first-order valence-corrected chi connectivity index (χ1v) is 10.9. The Morgan fingerprint density at radius 1 is 0.935 bits per heavy atom. The van der Waals surface area contributed by atoms with Crippen LogP contribution in [0.2, 0.25) is 0 Å². The van der Waals surface area contributed by atoms with E-state index in [9.17, 15) is 4.79 Å². The van der Waals surface area contributed by atoms with Crippen LogP contribution in [0.3, 0.4) is 0 Å². The summed E-state index contributed by atoms with van der Waals surface area (Å²) in [7, 11) is 3.31. The predicted molar refractivity (Wildman–Crippen MR) is 124 cm³/mol. The lowest BCUT2D eigenvalue weighted by Gasteiger charge is -2.46. The average Bonchev–Trinajstić information content (AvgIpc) is 2.77. The largest absolute Gasteiger partial charge is 0.497 e. The molecule has 0 aromatic heterocycles. The fraction of sp³-hybridized carbons (Fsp3) is 0.462. The summed E-state index contributed by atoms with van der Waals surface area (Å²) in [6, 6.07) is 17.8. The fourth-order valence-corrected chi connectivity index (χ4v) is 4.33. The number of methoxy groups -OCH3 is 2. The predicted octanol–water partition coefficient (Wildman–Crippen LogP) is 4.74. The first kappa shape index (κ1) is 22.9. The number of carbonyl (C=O) groups excluding carboxylic acids is 1. The number of benzene rings is 2. The topological polar surface area (TPSA) is 51.1 Å². The molecule has 5 nitrogen and oxygen atoms in total. The SMILES string of the molecule is COC1=N[C@@](Cc2ccccc2)(C(C)C)C(=O)N(Cc2ccc(OC)cc2)[C@H]1C(C)C. The Hall–Kier alpha value is -2.82. The minimum atomic E-state index is -0.898. The first-order valence-electron chi connectivity index (χ1n) is 10.9. The molecule has 0 saturated heterocycles. The molecule has 2 atom stereocenters. The van der Waals surface area contributed by atoms with Crippen molar-refractivity contribution in [3.05, 3.63) is 65.7 Å². The average molecular weight is 423 g/mol. The van der Waals surface area contributed by atoms with E-state index in [1.807, 2.05) is 47.4 Å². The van der Waals surface area contributed by atoms with Gasteiger partial charge in [0.15, 0.2) is 0 Å². The summed E-state index contributed by atoms with van der Waals surface area (Å²) < 4.78 is 11.1. The van der Waals surface area contributed by atoms with Crippen molar-refractivity contribution in [2.75, 3.05) is 14.2 Å². The molecule has 31 heavy (non-hydrogen) atoms. The molecule has 1 heterocycles. The third kappa shape index (κ3) is 4.60. The Morgan fingerprint density at radius 3 is 2.10 bits per heavy atom. The van der Waals surface area contributed by atoms with E-state index in [4.69, 9.17) is 14.5 Å². The summed E-state index contributed by atoms with van der Waals surface area (Å²) in [6.45, 7) is 8.84. The molecule has 0 unspecified atom stereocenters. The van der Waals surface area contributed by atoms with Gasteiger partial charge in [-0.25, -0.2) is 4.99 Å². The molecule has 0 spiro atoms. The molecule has 0 saturated carbocycles. The first-order chi connectivity index (χ1) is 14.8. The van der Waals surface area contributed by atoms with E-state index < -0.39 is 5.54 Å². The van der Waals surface area contributed by atoms with Gasteiger partial charge in [0.05, 0.1) is 14.2 Å². The van der Waals surface area contributed by atoms with Crippen molar-refractivity contribution in [2.45, 2.75) is 52.2 Å². The van der Waals surface area contributed by atoms with Crippen LogP contribution in [0.15, 0.2) is 59.6 Å². The van der Waals surface area contributed by atoms with E-state index in [-0.39, 0.29) is 23.8 Å². The van der Waals surface area contributed by atoms with Crippen molar-refractivity contribution >= 4 is 11.8 Å². The van der Waals surface area contributed by atoms with Gasteiger partial charge in [-0.1, -0.05) is 70.2 Å². The van der Waals surface area contributed by atoms with Gasteiger partial charge >= 0.3 is 0 Å². The van der Waals surface area contributed by atoms with Crippen LogP contribution in [0, 0.1) is 11.8 Å². The smallest absolute Gasteiger partial charge is 0.252 e. The zero-order valence-electron chi connectivity index (χ0n) is 19.5. The van der Waals surface area contributed by atoms with Crippen LogP contribution in [0.4, 0.5) is 0 Å². The number of hydrogen-bond donors (Lipinski definition) is 0. The van der Waals surface area contributed by atoms with Gasteiger partial charge < -0.3 is 14.4 Å². The molecule has 0 bridgehead atoms. The summed E-state index contributed by atoms with van der Waals surface area (Å²) >= 11 is 0. The van der Waals surface area contributed by atoms with E-state index in [1.54, 1.807) is 14.2 Å². The molecule has 0 radical (unpaired) electrons. The van der Waals surface area contributed by atoms with Crippen LogP contribution in [-0.4, -0.2) is 42.5 Å². The maximum Gasteiger partial charge on any atom is 0.252 e. The lowest BCUT2D eigenvalue weighted by molar-refractivity contribution is -0.143. The molecule has 5 heteroatoms. The third-order valence-corrected chi connectivity index (χ3v) is 6.15. The number of carbonyl (C=O) groups is 1. The van der Waals surface area contributed by atoms with Crippen molar-refractivity contribution < 1.29 is 14.3 Å². The number of ether oxygens (including phenoxy) is 2. The number of aliphatic imine (C=N–C) groups is 1. The highest BCUT2D eigenvalue weighted by atomic mass is 16.5. The van der Waals surface area contributed by atoms with Gasteiger partial charge in [0.25, 0.3) is 5.91 Å². The minimum absolute atomic E-state index is 0.0110. The van der Waals surface area contributed by atoms with Crippen molar-refractivity contribution in [3.8, 4) is 5.75 Å². The maximum absolute atomic E-state index is 14.1. The number of nitrogens with zero attached hydrogens (tertiary/aromatic N) is 2. The quantitative estimate of drug-likeness (QED) is 0.647. The van der Waals surface area contributed by atoms with E-state index in [2.05, 4.69) is 39.8 Å². The summed E-state index contributed by atoms with van der Waals surface area (Å²) in [5.41, 5.74) is 1.25. The molecule has 0 N–H and O–H groups in total. The van der Waals surface area contributed by atoms with Gasteiger partial charge in [0.2, 0.25) is 5.90 Å². The Kier molecular flexibility index (Phi) is 7.04. The fourth-order valence-electron chi connectivity index (χ4n) is 4.33. The van der Waals surface area contributed by atoms with E-state index in [0.29, 0.717) is 18.9 Å². The van der Waals surface area contributed by atoms with Crippen LogP contribution in [-0.2, 0) is 22.5 Å². The second-order valence-electron chi connectivity index (χ2n) is 8.87. The van der Waals surface area contributed by atoms with Gasteiger partial charge in [0, 0.05) is 13.0 Å². The van der Waals surface area contributed by atoms with Crippen LogP contribution in [0.5, 0.6) is 5.75 Å². The molecule has 3 rings (SSSR count). The van der Waals surface area contributed by atoms with Crippen LogP contribution < -0.4 is 4.74 Å². The standard InChI is InChI=1S/C26H34N2O3/c1-18(2)23-24(31-6)27-26(19(3)4,16-20-10-8-7-9-11-20)25(29)28(23)17-21-12-14-22(30-5)15-13-21/h7-15,18-19,23H,16-17H2,1-6H3/t23-,26-/m0/s1. The van der Waals surface area contributed by atoms with Gasteiger partial charge in [-0.05, 0) is 35.1 Å². The second kappa shape index (κ2) is 9.54. The van der Waals surface area contributed by atoms with Crippen molar-refractivity contribution in [1.29, 1.82) is 0 Å².